The molecule has 0 bridgehead atoms. The highest BCUT2D eigenvalue weighted by atomic mass is 32.2. The van der Waals surface area contributed by atoms with Gasteiger partial charge in [0, 0.05) is 11.8 Å². The fourth-order valence-electron chi connectivity index (χ4n) is 3.04. The number of fused-ring (bicyclic) bond motifs is 1. The van der Waals surface area contributed by atoms with Gasteiger partial charge in [0.25, 0.3) is 10.0 Å². The zero-order valence-electron chi connectivity index (χ0n) is 16.5. The molecule has 0 saturated heterocycles. The van der Waals surface area contributed by atoms with Gasteiger partial charge < -0.3 is 10.1 Å². The number of rotatable bonds is 6. The number of nitrogens with one attached hydrogen (secondary N) is 2. The van der Waals surface area contributed by atoms with Crippen LogP contribution < -0.4 is 14.8 Å². The number of benzene rings is 3. The quantitative estimate of drug-likeness (QED) is 0.477. The van der Waals surface area contributed by atoms with E-state index in [0.29, 0.717) is 33.9 Å². The maximum Gasteiger partial charge on any atom is 0.263 e. The van der Waals surface area contributed by atoms with Crippen molar-refractivity contribution in [3.8, 4) is 5.75 Å². The van der Waals surface area contributed by atoms with E-state index in [4.69, 9.17) is 4.74 Å². The van der Waals surface area contributed by atoms with Crippen LogP contribution in [0.25, 0.3) is 11.0 Å². The number of sulfonamides is 1. The molecule has 0 unspecified atom stereocenters. The lowest BCUT2D eigenvalue weighted by molar-refractivity contribution is 0.415. The fourth-order valence-corrected chi connectivity index (χ4v) is 4.29. The number of para-hydroxylation sites is 2. The molecule has 3 aromatic carbocycles. The summed E-state index contributed by atoms with van der Waals surface area (Å²) in [6.45, 7) is 1.75. The Hall–Kier alpha value is -3.65. The van der Waals surface area contributed by atoms with Crippen LogP contribution in [-0.4, -0.2) is 25.5 Å². The van der Waals surface area contributed by atoms with Crippen molar-refractivity contribution < 1.29 is 13.2 Å². The summed E-state index contributed by atoms with van der Waals surface area (Å²) in [5, 5.41) is 3.15. The number of aromatic nitrogens is 2. The third-order valence-electron chi connectivity index (χ3n) is 4.52. The molecule has 4 rings (SSSR count). The summed E-state index contributed by atoms with van der Waals surface area (Å²) in [7, 11) is -2.28. The first-order chi connectivity index (χ1) is 14.5. The van der Waals surface area contributed by atoms with Gasteiger partial charge in [-0.3, -0.25) is 4.72 Å². The van der Waals surface area contributed by atoms with Crippen molar-refractivity contribution in [3.63, 3.8) is 0 Å². The number of anilines is 3. The van der Waals surface area contributed by atoms with Crippen LogP contribution in [0, 0.1) is 6.92 Å². The van der Waals surface area contributed by atoms with E-state index in [0.717, 1.165) is 0 Å². The highest BCUT2D eigenvalue weighted by Gasteiger charge is 2.20. The van der Waals surface area contributed by atoms with Crippen molar-refractivity contribution in [1.82, 2.24) is 9.97 Å². The topological polar surface area (TPSA) is 93.2 Å². The lowest BCUT2D eigenvalue weighted by Crippen LogP contribution is -2.17. The van der Waals surface area contributed by atoms with Crippen LogP contribution in [0.1, 0.15) is 5.56 Å². The minimum Gasteiger partial charge on any atom is -0.497 e. The predicted octanol–water partition coefficient (Wildman–Crippen LogP) is 4.49. The second kappa shape index (κ2) is 8.00. The van der Waals surface area contributed by atoms with Gasteiger partial charge in [0.05, 0.1) is 23.0 Å². The smallest absolute Gasteiger partial charge is 0.263 e. The molecule has 0 radical (unpaired) electrons. The van der Waals surface area contributed by atoms with Crippen LogP contribution in [0.3, 0.4) is 0 Å². The van der Waals surface area contributed by atoms with Gasteiger partial charge in [-0.05, 0) is 42.8 Å². The molecule has 2 N–H and O–H groups in total. The summed E-state index contributed by atoms with van der Waals surface area (Å²) in [5.74, 6) is 1.06. The van der Waals surface area contributed by atoms with E-state index in [1.165, 1.54) is 0 Å². The average Bonchev–Trinajstić information content (AvgIpc) is 2.74. The minimum atomic E-state index is -3.86. The van der Waals surface area contributed by atoms with Crippen LogP contribution in [0.5, 0.6) is 5.75 Å². The highest BCUT2D eigenvalue weighted by Crippen LogP contribution is 2.28. The van der Waals surface area contributed by atoms with Gasteiger partial charge in [-0.25, -0.2) is 18.4 Å². The summed E-state index contributed by atoms with van der Waals surface area (Å²) in [6.07, 6.45) is 0. The van der Waals surface area contributed by atoms with E-state index in [-0.39, 0.29) is 10.7 Å². The molecule has 8 heteroatoms. The normalized spacial score (nSPS) is 11.3. The number of hydrogen-bond acceptors (Lipinski definition) is 6. The molecule has 0 aliphatic heterocycles. The van der Waals surface area contributed by atoms with Gasteiger partial charge in [-0.15, -0.1) is 0 Å². The molecule has 0 spiro atoms. The first-order valence-corrected chi connectivity index (χ1v) is 10.7. The van der Waals surface area contributed by atoms with Crippen molar-refractivity contribution in [2.45, 2.75) is 11.8 Å². The number of nitrogens with zero attached hydrogens (tertiary/aromatic N) is 2. The molecule has 0 saturated carbocycles. The third kappa shape index (κ3) is 4.04. The molecule has 0 atom stereocenters. The molecule has 7 nitrogen and oxygen atoms in total. The van der Waals surface area contributed by atoms with Crippen LogP contribution >= 0.6 is 0 Å². The minimum absolute atomic E-state index is 0.111. The van der Waals surface area contributed by atoms with E-state index < -0.39 is 10.0 Å². The Bertz CT molecular complexity index is 1320. The molecule has 0 fully saturated rings. The van der Waals surface area contributed by atoms with E-state index in [1.807, 2.05) is 36.4 Å². The van der Waals surface area contributed by atoms with Gasteiger partial charge in [0.2, 0.25) is 0 Å². The van der Waals surface area contributed by atoms with E-state index in [2.05, 4.69) is 20.0 Å². The highest BCUT2D eigenvalue weighted by molar-refractivity contribution is 7.92. The van der Waals surface area contributed by atoms with Crippen molar-refractivity contribution in [3.05, 3.63) is 78.4 Å². The Morgan fingerprint density at radius 3 is 2.20 bits per heavy atom. The Labute approximate surface area is 174 Å². The number of ether oxygens (including phenoxy) is 1. The third-order valence-corrected chi connectivity index (χ3v) is 6.02. The lowest BCUT2D eigenvalue weighted by Gasteiger charge is -2.15. The van der Waals surface area contributed by atoms with Crippen molar-refractivity contribution >= 4 is 38.4 Å². The van der Waals surface area contributed by atoms with Crippen LogP contribution in [0.2, 0.25) is 0 Å². The number of methoxy groups -OCH3 is 1. The van der Waals surface area contributed by atoms with Crippen molar-refractivity contribution in [2.75, 3.05) is 17.1 Å². The fraction of sp³-hybridized carbons (Fsp3) is 0.0909. The zero-order valence-corrected chi connectivity index (χ0v) is 17.3. The van der Waals surface area contributed by atoms with Crippen molar-refractivity contribution in [1.29, 1.82) is 0 Å². The van der Waals surface area contributed by atoms with Crippen molar-refractivity contribution in [2.24, 2.45) is 0 Å². The molecule has 1 aromatic heterocycles. The summed E-state index contributed by atoms with van der Waals surface area (Å²) < 4.78 is 33.9. The Kier molecular flexibility index (Phi) is 5.24. The van der Waals surface area contributed by atoms with E-state index >= 15 is 0 Å². The molecule has 1 heterocycles. The number of aryl methyl sites for hydroxylation is 1. The van der Waals surface area contributed by atoms with E-state index in [9.17, 15) is 8.42 Å². The first kappa shape index (κ1) is 19.7. The van der Waals surface area contributed by atoms with Crippen LogP contribution in [-0.2, 0) is 10.0 Å². The lowest BCUT2D eigenvalue weighted by atomic mass is 10.2. The molecule has 0 aliphatic carbocycles. The Balaban J connectivity index is 1.79. The van der Waals surface area contributed by atoms with Gasteiger partial charge in [-0.1, -0.05) is 36.4 Å². The molecular weight excluding hydrogens is 400 g/mol. The van der Waals surface area contributed by atoms with Gasteiger partial charge in [0.15, 0.2) is 11.6 Å². The maximum atomic E-state index is 13.0. The van der Waals surface area contributed by atoms with E-state index in [1.54, 1.807) is 50.4 Å². The largest absolute Gasteiger partial charge is 0.497 e. The predicted molar refractivity (Wildman–Crippen MR) is 118 cm³/mol. The molecule has 4 aromatic rings. The zero-order chi connectivity index (χ0) is 21.1. The molecule has 0 aliphatic rings. The summed E-state index contributed by atoms with van der Waals surface area (Å²) in [4.78, 5) is 9.28. The Morgan fingerprint density at radius 1 is 0.833 bits per heavy atom. The summed E-state index contributed by atoms with van der Waals surface area (Å²) in [6, 6.07) is 21.3. The molecule has 152 valence electrons. The van der Waals surface area contributed by atoms with Gasteiger partial charge in [0.1, 0.15) is 5.75 Å². The standard InChI is InChI=1S/C22H20N4O3S/c1-15-8-3-6-13-20(15)30(27,28)26-22-21(23-16-9-7-10-17(14-16)29-2)24-18-11-4-5-12-19(18)25-22/h3-14H,1-2H3,(H,23,24)(H,25,26). The van der Waals surface area contributed by atoms with Crippen LogP contribution in [0.15, 0.2) is 77.7 Å². The molecular formula is C22H20N4O3S. The molecule has 0 amide bonds. The number of hydrogen-bond donors (Lipinski definition) is 2. The monoisotopic (exact) mass is 420 g/mol. The Morgan fingerprint density at radius 2 is 1.50 bits per heavy atom. The first-order valence-electron chi connectivity index (χ1n) is 9.22. The molecule has 30 heavy (non-hydrogen) atoms. The average molecular weight is 420 g/mol. The van der Waals surface area contributed by atoms with Gasteiger partial charge >= 0.3 is 0 Å². The summed E-state index contributed by atoms with van der Waals surface area (Å²) >= 11 is 0. The second-order valence-corrected chi connectivity index (χ2v) is 8.29. The SMILES string of the molecule is COc1cccc(Nc2nc3ccccc3nc2NS(=O)(=O)c2ccccc2C)c1. The maximum absolute atomic E-state index is 13.0. The second-order valence-electron chi connectivity index (χ2n) is 6.64. The summed E-state index contributed by atoms with van der Waals surface area (Å²) in [5.41, 5.74) is 2.55. The van der Waals surface area contributed by atoms with Crippen LogP contribution in [0.4, 0.5) is 17.3 Å². The van der Waals surface area contributed by atoms with Gasteiger partial charge in [-0.2, -0.15) is 0 Å².